The molecule has 2 heterocycles. The average molecular weight is 602 g/mol. The van der Waals surface area contributed by atoms with E-state index in [1.807, 2.05) is 24.3 Å². The number of nitrogens with one attached hydrogen (secondary N) is 2. The highest BCUT2D eigenvalue weighted by atomic mass is 16.7. The van der Waals surface area contributed by atoms with Crippen molar-refractivity contribution in [3.63, 3.8) is 0 Å². The largest absolute Gasteiger partial charge is 0.493 e. The number of para-hydroxylation sites is 3. The number of fused-ring (bicyclic) bond motifs is 3. The lowest BCUT2D eigenvalue weighted by molar-refractivity contribution is -0.270. The van der Waals surface area contributed by atoms with E-state index in [9.17, 15) is 30.3 Å². The van der Waals surface area contributed by atoms with Gasteiger partial charge < -0.3 is 59.5 Å². The van der Waals surface area contributed by atoms with Crippen LogP contribution in [-0.2, 0) is 9.53 Å². The van der Waals surface area contributed by atoms with Crippen LogP contribution in [-0.4, -0.2) is 107 Å². The SMILES string of the molecule is [2H]C([2H])([2H])Oc1ccccc1OCCNCC(O)COc1ccc(O[C@@H]2O[C@H](C(=O)O)[C@@H](O)[C@H](O)[C@H]2O)c2[nH]c3ccccc3c12. The van der Waals surface area contributed by atoms with Crippen LogP contribution in [0.3, 0.4) is 0 Å². The number of aromatic amines is 1. The Bertz CT molecular complexity index is 1650. The number of aliphatic hydroxyl groups excluding tert-OH is 4. The molecule has 0 radical (unpaired) electrons. The van der Waals surface area contributed by atoms with Crippen LogP contribution in [0, 0.1) is 0 Å². The molecule has 0 amide bonds. The number of H-pyrrole nitrogens is 1. The van der Waals surface area contributed by atoms with Gasteiger partial charge in [0.25, 0.3) is 0 Å². The molecular formula is C30H34N2O11. The fourth-order valence-electron chi connectivity index (χ4n) is 4.79. The van der Waals surface area contributed by atoms with E-state index in [0.717, 1.165) is 10.9 Å². The number of carboxylic acids is 1. The van der Waals surface area contributed by atoms with Crippen molar-refractivity contribution in [2.75, 3.05) is 33.3 Å². The van der Waals surface area contributed by atoms with Crippen molar-refractivity contribution < 1.29 is 58.1 Å². The summed E-state index contributed by atoms with van der Waals surface area (Å²) in [7, 11) is -2.61. The topological polar surface area (TPSA) is 192 Å². The van der Waals surface area contributed by atoms with Gasteiger partial charge in [0.15, 0.2) is 17.6 Å². The van der Waals surface area contributed by atoms with Gasteiger partial charge in [-0.1, -0.05) is 30.3 Å². The number of hydrogen-bond donors (Lipinski definition) is 7. The Hall–Kier alpha value is -4.11. The Labute approximate surface area is 250 Å². The van der Waals surface area contributed by atoms with Crippen LogP contribution in [0.5, 0.6) is 23.0 Å². The monoisotopic (exact) mass is 601 g/mol. The van der Waals surface area contributed by atoms with E-state index in [1.54, 1.807) is 24.3 Å². The van der Waals surface area contributed by atoms with Crippen LogP contribution in [0.15, 0.2) is 60.7 Å². The molecule has 13 nitrogen and oxygen atoms in total. The summed E-state index contributed by atoms with van der Waals surface area (Å²) < 4.78 is 49.5. The number of aliphatic hydroxyl groups is 4. The quantitative estimate of drug-likeness (QED) is 0.108. The number of benzene rings is 3. The Morgan fingerprint density at radius 2 is 1.72 bits per heavy atom. The van der Waals surface area contributed by atoms with Gasteiger partial charge in [-0.25, -0.2) is 4.79 Å². The van der Waals surface area contributed by atoms with Crippen molar-refractivity contribution in [2.45, 2.75) is 36.8 Å². The Morgan fingerprint density at radius 3 is 2.51 bits per heavy atom. The van der Waals surface area contributed by atoms with Crippen LogP contribution in [0.1, 0.15) is 4.11 Å². The maximum absolute atomic E-state index is 11.5. The zero-order valence-corrected chi connectivity index (χ0v) is 22.8. The van der Waals surface area contributed by atoms with Gasteiger partial charge in [-0.2, -0.15) is 0 Å². The third-order valence-corrected chi connectivity index (χ3v) is 6.95. The van der Waals surface area contributed by atoms with Gasteiger partial charge >= 0.3 is 5.97 Å². The van der Waals surface area contributed by atoms with Crippen LogP contribution in [0.4, 0.5) is 0 Å². The summed E-state index contributed by atoms with van der Waals surface area (Å²) in [6.45, 7) is 0.577. The fraction of sp³-hybridized carbons (Fsp3) is 0.367. The highest BCUT2D eigenvalue weighted by Gasteiger charge is 2.48. The molecule has 0 saturated carbocycles. The summed E-state index contributed by atoms with van der Waals surface area (Å²) in [5.74, 6) is -0.600. The standard InChI is InChI=1S/C30H34N2O11/c1-39-19-8-4-5-9-20(19)40-13-12-31-14-16(33)15-41-21-10-11-22(24-23(21)17-6-2-3-7-18(17)32-24)42-30-27(36)25(34)26(35)28(43-30)29(37)38/h2-11,16,25-28,30-36H,12-15H2,1H3,(H,37,38)/t16?,25-,26-,27+,28-,30+/m0/s1/i1D3. The average Bonchev–Trinajstić information content (AvgIpc) is 3.41. The first kappa shape index (κ1) is 26.5. The van der Waals surface area contributed by atoms with E-state index in [2.05, 4.69) is 10.3 Å². The molecule has 0 bridgehead atoms. The molecule has 0 spiro atoms. The summed E-state index contributed by atoms with van der Waals surface area (Å²) in [6.07, 6.45) is -9.78. The third-order valence-electron chi connectivity index (χ3n) is 6.95. The van der Waals surface area contributed by atoms with Crippen LogP contribution >= 0.6 is 0 Å². The number of ether oxygens (including phenoxy) is 5. The lowest BCUT2D eigenvalue weighted by Gasteiger charge is -2.38. The zero-order valence-electron chi connectivity index (χ0n) is 25.8. The van der Waals surface area contributed by atoms with E-state index in [-0.39, 0.29) is 37.0 Å². The molecule has 4 aromatic rings. The summed E-state index contributed by atoms with van der Waals surface area (Å²) in [4.78, 5) is 14.7. The van der Waals surface area contributed by atoms with Gasteiger partial charge in [-0.15, -0.1) is 0 Å². The molecule has 13 heteroatoms. The smallest absolute Gasteiger partial charge is 0.335 e. The van der Waals surface area contributed by atoms with Crippen LogP contribution < -0.4 is 24.3 Å². The van der Waals surface area contributed by atoms with E-state index in [0.29, 0.717) is 23.2 Å². The van der Waals surface area contributed by atoms with Gasteiger partial charge in [0.1, 0.15) is 49.1 Å². The molecule has 6 atom stereocenters. The van der Waals surface area contributed by atoms with E-state index >= 15 is 0 Å². The first-order chi connectivity index (χ1) is 21.9. The number of aliphatic carboxylic acids is 1. The molecule has 43 heavy (non-hydrogen) atoms. The molecule has 1 aliphatic heterocycles. The molecule has 5 rings (SSSR count). The Kier molecular flexibility index (Phi) is 8.30. The van der Waals surface area contributed by atoms with Crippen molar-refractivity contribution in [1.29, 1.82) is 0 Å². The molecule has 7 N–H and O–H groups in total. The first-order valence-corrected chi connectivity index (χ1v) is 13.5. The molecule has 0 aliphatic carbocycles. The lowest BCUT2D eigenvalue weighted by atomic mass is 9.99. The van der Waals surface area contributed by atoms with Crippen molar-refractivity contribution in [3.8, 4) is 23.0 Å². The highest BCUT2D eigenvalue weighted by Crippen LogP contribution is 2.39. The van der Waals surface area contributed by atoms with Crippen LogP contribution in [0.2, 0.25) is 0 Å². The molecule has 1 unspecified atom stereocenters. The second-order valence-corrected chi connectivity index (χ2v) is 9.90. The lowest BCUT2D eigenvalue weighted by Crippen LogP contribution is -2.61. The molecule has 1 fully saturated rings. The van der Waals surface area contributed by atoms with Crippen LogP contribution in [0.25, 0.3) is 21.8 Å². The van der Waals surface area contributed by atoms with Crippen molar-refractivity contribution in [2.24, 2.45) is 0 Å². The van der Waals surface area contributed by atoms with Gasteiger partial charge in [0.05, 0.1) is 22.1 Å². The fourth-order valence-corrected chi connectivity index (χ4v) is 4.79. The second-order valence-electron chi connectivity index (χ2n) is 9.90. The molecule has 1 aliphatic rings. The summed E-state index contributed by atoms with van der Waals surface area (Å²) in [6, 6.07) is 16.8. The summed E-state index contributed by atoms with van der Waals surface area (Å²) >= 11 is 0. The van der Waals surface area contributed by atoms with Gasteiger partial charge in [0.2, 0.25) is 6.29 Å². The zero-order chi connectivity index (χ0) is 33.0. The minimum absolute atomic E-state index is 0.0905. The molecule has 1 aromatic heterocycles. The van der Waals surface area contributed by atoms with Crippen molar-refractivity contribution in [1.82, 2.24) is 10.3 Å². The highest BCUT2D eigenvalue weighted by molar-refractivity contribution is 6.12. The van der Waals surface area contributed by atoms with Gasteiger partial charge in [-0.3, -0.25) is 0 Å². The van der Waals surface area contributed by atoms with E-state index in [4.69, 9.17) is 27.8 Å². The summed E-state index contributed by atoms with van der Waals surface area (Å²) in [5, 5.41) is 55.0. The van der Waals surface area contributed by atoms with Gasteiger partial charge in [-0.05, 0) is 30.3 Å². The first-order valence-electron chi connectivity index (χ1n) is 15.0. The molecule has 230 valence electrons. The Morgan fingerprint density at radius 1 is 0.977 bits per heavy atom. The normalized spacial score (nSPS) is 24.1. The minimum Gasteiger partial charge on any atom is -0.493 e. The van der Waals surface area contributed by atoms with E-state index in [1.165, 1.54) is 12.1 Å². The third kappa shape index (κ3) is 6.62. The number of carbonyl (C=O) groups is 1. The number of rotatable bonds is 13. The maximum Gasteiger partial charge on any atom is 0.335 e. The van der Waals surface area contributed by atoms with Crippen molar-refractivity contribution >= 4 is 27.8 Å². The summed E-state index contributed by atoms with van der Waals surface area (Å²) in [5.41, 5.74) is 1.14. The van der Waals surface area contributed by atoms with Crippen molar-refractivity contribution in [3.05, 3.63) is 60.7 Å². The molecule has 1 saturated heterocycles. The second kappa shape index (κ2) is 13.5. The van der Waals surface area contributed by atoms with Gasteiger partial charge in [0, 0.05) is 24.0 Å². The molecule has 3 aromatic carbocycles. The number of hydrogen-bond acceptors (Lipinski definition) is 11. The molecular weight excluding hydrogens is 564 g/mol. The number of aromatic nitrogens is 1. The predicted octanol–water partition coefficient (Wildman–Crippen LogP) is 1.01. The van der Waals surface area contributed by atoms with E-state index < -0.39 is 49.8 Å². The number of carboxylic acid groups (broad SMARTS) is 1. The minimum atomic E-state index is -2.61. The Balaban J connectivity index is 1.21. The number of methoxy groups -OCH3 is 1. The maximum atomic E-state index is 11.5. The predicted molar refractivity (Wildman–Crippen MR) is 154 cm³/mol.